The molecule has 0 aromatic carbocycles. The second-order valence-electron chi connectivity index (χ2n) is 8.02. The molecule has 0 saturated carbocycles. The van der Waals surface area contributed by atoms with E-state index in [2.05, 4.69) is 5.32 Å². The summed E-state index contributed by atoms with van der Waals surface area (Å²) < 4.78 is 10.4. The first-order chi connectivity index (χ1) is 11.8. The minimum atomic E-state index is -0.459. The Morgan fingerprint density at radius 2 is 1.72 bits per heavy atom. The summed E-state index contributed by atoms with van der Waals surface area (Å²) in [5, 5.41) is 3.68. The van der Waals surface area contributed by atoms with Crippen LogP contribution in [-0.4, -0.2) is 79.4 Å². The summed E-state index contributed by atoms with van der Waals surface area (Å²) in [5.41, 5.74) is -0.459. The van der Waals surface area contributed by atoms with E-state index in [0.29, 0.717) is 18.6 Å². The van der Waals surface area contributed by atoms with Gasteiger partial charge in [-0.15, -0.1) is 0 Å². The van der Waals surface area contributed by atoms with Crippen molar-refractivity contribution in [3.05, 3.63) is 0 Å². The monoisotopic (exact) mass is 355 g/mol. The van der Waals surface area contributed by atoms with Crippen LogP contribution in [0.5, 0.6) is 0 Å². The van der Waals surface area contributed by atoms with E-state index >= 15 is 0 Å². The van der Waals surface area contributed by atoms with Gasteiger partial charge >= 0.3 is 6.09 Å². The van der Waals surface area contributed by atoms with Crippen LogP contribution in [0.4, 0.5) is 4.79 Å². The molecule has 0 spiro atoms. The highest BCUT2D eigenvalue weighted by Crippen LogP contribution is 2.18. The Hall–Kier alpha value is -1.34. The molecule has 2 aliphatic heterocycles. The molecule has 0 aromatic heterocycles. The van der Waals surface area contributed by atoms with E-state index in [9.17, 15) is 9.59 Å². The number of methoxy groups -OCH3 is 1. The van der Waals surface area contributed by atoms with Crippen LogP contribution < -0.4 is 5.32 Å². The number of hydrogen-bond acceptors (Lipinski definition) is 5. The molecule has 7 heteroatoms. The molecule has 1 atom stereocenters. The Kier molecular flexibility index (Phi) is 7.07. The minimum Gasteiger partial charge on any atom is -0.444 e. The van der Waals surface area contributed by atoms with Gasteiger partial charge in [0.05, 0.1) is 0 Å². The van der Waals surface area contributed by atoms with E-state index in [4.69, 9.17) is 9.47 Å². The quantitative estimate of drug-likeness (QED) is 0.830. The zero-order valence-electron chi connectivity index (χ0n) is 16.0. The lowest BCUT2D eigenvalue weighted by molar-refractivity contribution is -0.136. The lowest BCUT2D eigenvalue weighted by Crippen LogP contribution is -2.54. The first-order valence-electron chi connectivity index (χ1n) is 9.29. The van der Waals surface area contributed by atoms with Gasteiger partial charge in [-0.2, -0.15) is 0 Å². The molecular formula is C18H33N3O4. The fourth-order valence-corrected chi connectivity index (χ4v) is 3.45. The van der Waals surface area contributed by atoms with Gasteiger partial charge in [-0.25, -0.2) is 4.79 Å². The normalized spacial score (nSPS) is 22.8. The minimum absolute atomic E-state index is 0.0646. The molecule has 2 rings (SSSR count). The van der Waals surface area contributed by atoms with Gasteiger partial charge in [0.2, 0.25) is 5.91 Å². The molecule has 144 valence electrons. The van der Waals surface area contributed by atoms with Gasteiger partial charge in [0.25, 0.3) is 0 Å². The van der Waals surface area contributed by atoms with Crippen LogP contribution in [-0.2, 0) is 14.3 Å². The van der Waals surface area contributed by atoms with Crippen molar-refractivity contribution < 1.29 is 19.1 Å². The Morgan fingerprint density at radius 3 is 2.32 bits per heavy atom. The van der Waals surface area contributed by atoms with Crippen LogP contribution in [0.2, 0.25) is 0 Å². The molecule has 2 fully saturated rings. The predicted octanol–water partition coefficient (Wildman–Crippen LogP) is 1.61. The molecule has 0 aliphatic carbocycles. The fourth-order valence-electron chi connectivity index (χ4n) is 3.45. The van der Waals surface area contributed by atoms with Crippen molar-refractivity contribution >= 4 is 12.0 Å². The average molecular weight is 355 g/mol. The number of piperidine rings is 2. The Balaban J connectivity index is 1.76. The van der Waals surface area contributed by atoms with Gasteiger partial charge in [-0.1, -0.05) is 0 Å². The van der Waals surface area contributed by atoms with Gasteiger partial charge in [-0.05, 0) is 46.5 Å². The summed E-state index contributed by atoms with van der Waals surface area (Å²) in [6, 6.07) is 0.697. The van der Waals surface area contributed by atoms with Crippen molar-refractivity contribution in [3.8, 4) is 0 Å². The molecule has 0 radical (unpaired) electrons. The van der Waals surface area contributed by atoms with E-state index in [1.807, 2.05) is 30.6 Å². The third-order valence-corrected chi connectivity index (χ3v) is 4.66. The predicted molar refractivity (Wildman–Crippen MR) is 95.4 cm³/mol. The Bertz CT molecular complexity index is 456. The number of likely N-dealkylation sites (tertiary alicyclic amines) is 2. The Labute approximate surface area is 151 Å². The van der Waals surface area contributed by atoms with E-state index in [0.717, 1.165) is 45.3 Å². The van der Waals surface area contributed by atoms with Crippen molar-refractivity contribution in [2.24, 2.45) is 0 Å². The van der Waals surface area contributed by atoms with Crippen molar-refractivity contribution in [2.45, 2.75) is 64.1 Å². The van der Waals surface area contributed by atoms with Gasteiger partial charge in [0.1, 0.15) is 12.2 Å². The van der Waals surface area contributed by atoms with Crippen LogP contribution in [0.3, 0.4) is 0 Å². The summed E-state index contributed by atoms with van der Waals surface area (Å²) in [7, 11) is 1.55. The fraction of sp³-hybridized carbons (Fsp3) is 0.889. The van der Waals surface area contributed by atoms with Gasteiger partial charge < -0.3 is 24.6 Å². The topological polar surface area (TPSA) is 71.1 Å². The highest BCUT2D eigenvalue weighted by molar-refractivity contribution is 5.77. The number of rotatable bonds is 4. The highest BCUT2D eigenvalue weighted by Gasteiger charge is 2.30. The number of hydrogen-bond donors (Lipinski definition) is 1. The van der Waals surface area contributed by atoms with Gasteiger partial charge in [0, 0.05) is 45.4 Å². The summed E-state index contributed by atoms with van der Waals surface area (Å²) in [5.74, 6) is 0.0646. The maximum atomic E-state index is 12.3. The standard InChI is InChI=1S/C18H33N3O4/c1-18(2,3)25-17(23)21-9-5-6-15(12-21)19-14-7-10-20(11-8-14)16(22)13-24-4/h14-15,19H,5-13H2,1-4H3. The third kappa shape index (κ3) is 6.47. The number of nitrogens with one attached hydrogen (secondary N) is 1. The van der Waals surface area contributed by atoms with E-state index in [1.165, 1.54) is 0 Å². The van der Waals surface area contributed by atoms with Crippen LogP contribution in [0.25, 0.3) is 0 Å². The largest absolute Gasteiger partial charge is 0.444 e. The van der Waals surface area contributed by atoms with Crippen molar-refractivity contribution in [1.29, 1.82) is 0 Å². The van der Waals surface area contributed by atoms with E-state index in [-0.39, 0.29) is 18.6 Å². The van der Waals surface area contributed by atoms with Gasteiger partial charge in [-0.3, -0.25) is 4.79 Å². The zero-order chi connectivity index (χ0) is 18.4. The first kappa shape index (κ1) is 20.0. The number of amides is 2. The van der Waals surface area contributed by atoms with Crippen LogP contribution >= 0.6 is 0 Å². The molecule has 0 bridgehead atoms. The lowest BCUT2D eigenvalue weighted by Gasteiger charge is -2.38. The number of nitrogens with zero attached hydrogens (tertiary/aromatic N) is 2. The van der Waals surface area contributed by atoms with Crippen LogP contribution in [0.15, 0.2) is 0 Å². The molecule has 1 N–H and O–H groups in total. The molecular weight excluding hydrogens is 322 g/mol. The maximum Gasteiger partial charge on any atom is 0.410 e. The molecule has 1 unspecified atom stereocenters. The second kappa shape index (κ2) is 8.85. The average Bonchev–Trinajstić information content (AvgIpc) is 2.54. The SMILES string of the molecule is COCC(=O)N1CCC(NC2CCCN(C(=O)OC(C)(C)C)C2)CC1. The summed E-state index contributed by atoms with van der Waals surface area (Å²) in [6.07, 6.45) is 3.72. The molecule has 2 amide bonds. The summed E-state index contributed by atoms with van der Waals surface area (Å²) in [6.45, 7) is 8.82. The molecule has 2 heterocycles. The van der Waals surface area contributed by atoms with Crippen LogP contribution in [0, 0.1) is 0 Å². The molecule has 0 aromatic rings. The first-order valence-corrected chi connectivity index (χ1v) is 9.29. The van der Waals surface area contributed by atoms with Crippen molar-refractivity contribution in [3.63, 3.8) is 0 Å². The maximum absolute atomic E-state index is 12.3. The number of ether oxygens (including phenoxy) is 2. The lowest BCUT2D eigenvalue weighted by atomic mass is 10.00. The Morgan fingerprint density at radius 1 is 1.04 bits per heavy atom. The summed E-state index contributed by atoms with van der Waals surface area (Å²) in [4.78, 5) is 27.8. The zero-order valence-corrected chi connectivity index (χ0v) is 16.0. The third-order valence-electron chi connectivity index (χ3n) is 4.66. The smallest absolute Gasteiger partial charge is 0.410 e. The van der Waals surface area contributed by atoms with Crippen LogP contribution in [0.1, 0.15) is 46.5 Å². The number of carbonyl (C=O) groups is 2. The number of carbonyl (C=O) groups excluding carboxylic acids is 2. The van der Waals surface area contributed by atoms with Crippen molar-refractivity contribution in [1.82, 2.24) is 15.1 Å². The van der Waals surface area contributed by atoms with E-state index in [1.54, 1.807) is 7.11 Å². The van der Waals surface area contributed by atoms with E-state index < -0.39 is 5.60 Å². The molecule has 2 aliphatic rings. The molecule has 25 heavy (non-hydrogen) atoms. The summed E-state index contributed by atoms with van der Waals surface area (Å²) >= 11 is 0. The van der Waals surface area contributed by atoms with Gasteiger partial charge in [0.15, 0.2) is 0 Å². The second-order valence-corrected chi connectivity index (χ2v) is 8.02. The van der Waals surface area contributed by atoms with Crippen molar-refractivity contribution in [2.75, 3.05) is 39.9 Å². The molecule has 7 nitrogen and oxygen atoms in total. The molecule has 2 saturated heterocycles. The highest BCUT2D eigenvalue weighted by atomic mass is 16.6.